The first-order valence-electron chi connectivity index (χ1n) is 14.5. The molecule has 2 rings (SSSR count). The van der Waals surface area contributed by atoms with E-state index in [1.54, 1.807) is 24.5 Å². The summed E-state index contributed by atoms with van der Waals surface area (Å²) in [5.41, 5.74) is 7.48. The van der Waals surface area contributed by atoms with Crippen molar-refractivity contribution in [2.75, 3.05) is 32.8 Å². The molecule has 1 fully saturated rings. The van der Waals surface area contributed by atoms with Crippen molar-refractivity contribution in [3.8, 4) is 5.75 Å². The van der Waals surface area contributed by atoms with E-state index >= 15 is 0 Å². The van der Waals surface area contributed by atoms with E-state index < -0.39 is 6.11 Å². The normalized spacial score (nSPS) is 15.2. The molecule has 1 saturated heterocycles. The minimum absolute atomic E-state index is 0.115. The Morgan fingerprint density at radius 2 is 1.63 bits per heavy atom. The highest BCUT2D eigenvalue weighted by Gasteiger charge is 2.23. The Kier molecular flexibility index (Phi) is 20.7. The quantitative estimate of drug-likeness (QED) is 0.201. The van der Waals surface area contributed by atoms with Gasteiger partial charge in [0.2, 0.25) is 0 Å². The van der Waals surface area contributed by atoms with Gasteiger partial charge in [0.25, 0.3) is 0 Å². The van der Waals surface area contributed by atoms with Crippen LogP contribution < -0.4 is 10.5 Å². The Morgan fingerprint density at radius 1 is 1.03 bits per heavy atom. The highest BCUT2D eigenvalue weighted by Crippen LogP contribution is 2.26. The van der Waals surface area contributed by atoms with Gasteiger partial charge in [0.05, 0.1) is 5.69 Å². The zero-order chi connectivity index (χ0) is 28.8. The maximum absolute atomic E-state index is 12.8. The van der Waals surface area contributed by atoms with Crippen LogP contribution in [0.3, 0.4) is 0 Å². The molecular formula is C31H55F2N3O2. The third-order valence-electron chi connectivity index (χ3n) is 5.53. The maximum Gasteiger partial charge on any atom is 0.394 e. The highest BCUT2D eigenvalue weighted by molar-refractivity contribution is 5.81. The summed E-state index contributed by atoms with van der Waals surface area (Å²) in [6, 6.07) is 6.27. The van der Waals surface area contributed by atoms with Crippen LogP contribution in [0.5, 0.6) is 5.75 Å². The first kappa shape index (κ1) is 36.0. The number of aliphatic imine (C=N–C) groups is 1. The Hall–Kier alpha value is -1.99. The number of halogens is 2. The number of rotatable bonds is 13. The first-order chi connectivity index (χ1) is 18.1. The largest absolute Gasteiger partial charge is 0.433 e. The van der Waals surface area contributed by atoms with Gasteiger partial charge in [-0.15, -0.1) is 0 Å². The second-order valence-corrected chi connectivity index (χ2v) is 10.5. The summed E-state index contributed by atoms with van der Waals surface area (Å²) < 4.78 is 35.4. The fourth-order valence-electron chi connectivity index (χ4n) is 3.75. The van der Waals surface area contributed by atoms with E-state index in [2.05, 4.69) is 56.2 Å². The van der Waals surface area contributed by atoms with E-state index in [4.69, 9.17) is 10.5 Å². The predicted molar refractivity (Wildman–Crippen MR) is 159 cm³/mol. The van der Waals surface area contributed by atoms with Gasteiger partial charge in [0, 0.05) is 26.4 Å². The van der Waals surface area contributed by atoms with Gasteiger partial charge in [-0.1, -0.05) is 54.4 Å². The number of nitrogens with two attached hydrogens (primary N) is 1. The number of benzene rings is 1. The molecule has 0 radical (unpaired) electrons. The Balaban J connectivity index is 0.000000875. The molecule has 2 N–H and O–H groups in total. The number of alkyl halides is 2. The van der Waals surface area contributed by atoms with Gasteiger partial charge in [0.15, 0.2) is 0 Å². The molecule has 0 atom stereocenters. The van der Waals surface area contributed by atoms with Crippen LogP contribution in [-0.2, 0) is 4.74 Å². The second-order valence-electron chi connectivity index (χ2n) is 10.5. The van der Waals surface area contributed by atoms with Crippen LogP contribution in [0.15, 0.2) is 41.0 Å². The molecule has 0 spiro atoms. The molecule has 5 nitrogen and oxygen atoms in total. The van der Waals surface area contributed by atoms with Gasteiger partial charge in [-0.3, -0.25) is 4.99 Å². The topological polar surface area (TPSA) is 60.1 Å². The molecule has 0 unspecified atom stereocenters. The Morgan fingerprint density at radius 3 is 2.11 bits per heavy atom. The van der Waals surface area contributed by atoms with Crippen LogP contribution in [-0.4, -0.2) is 50.1 Å². The van der Waals surface area contributed by atoms with Crippen molar-refractivity contribution >= 4 is 11.9 Å². The fourth-order valence-corrected chi connectivity index (χ4v) is 3.75. The average Bonchev–Trinajstić information content (AvgIpc) is 2.86. The van der Waals surface area contributed by atoms with Crippen LogP contribution in [0.25, 0.3) is 0 Å². The minimum atomic E-state index is -3.19. The first-order valence-corrected chi connectivity index (χ1v) is 14.5. The summed E-state index contributed by atoms with van der Waals surface area (Å²) in [5, 5.41) is 0. The Bertz CT molecular complexity index is 730. The molecule has 0 aromatic heterocycles. The number of unbranched alkanes of at least 4 members (excludes halogenated alkanes) is 2. The van der Waals surface area contributed by atoms with E-state index in [9.17, 15) is 8.78 Å². The summed E-state index contributed by atoms with van der Waals surface area (Å²) in [5.74, 6) is 1.37. The zero-order valence-corrected chi connectivity index (χ0v) is 25.1. The summed E-state index contributed by atoms with van der Waals surface area (Å²) in [7, 11) is 0. The van der Waals surface area contributed by atoms with Gasteiger partial charge in [-0.05, 0) is 99.6 Å². The molecule has 0 saturated carbocycles. The van der Waals surface area contributed by atoms with E-state index in [1.165, 1.54) is 37.8 Å². The molecule has 7 heteroatoms. The van der Waals surface area contributed by atoms with E-state index in [-0.39, 0.29) is 5.75 Å². The van der Waals surface area contributed by atoms with Crippen molar-refractivity contribution in [2.24, 2.45) is 22.6 Å². The van der Waals surface area contributed by atoms with Crippen molar-refractivity contribution in [2.45, 2.75) is 99.5 Å². The highest BCUT2D eigenvalue weighted by atomic mass is 19.3. The molecule has 38 heavy (non-hydrogen) atoms. The van der Waals surface area contributed by atoms with Gasteiger partial charge < -0.3 is 20.1 Å². The number of nitrogens with zero attached hydrogens (tertiary/aromatic N) is 2. The monoisotopic (exact) mass is 539 g/mol. The van der Waals surface area contributed by atoms with Crippen LogP contribution >= 0.6 is 0 Å². The number of piperidine rings is 1. The third-order valence-corrected chi connectivity index (χ3v) is 5.53. The summed E-state index contributed by atoms with van der Waals surface area (Å²) in [6.45, 7) is 19.0. The molecule has 1 aliphatic rings. The zero-order valence-electron chi connectivity index (χ0n) is 25.1. The maximum atomic E-state index is 12.8. The van der Waals surface area contributed by atoms with Crippen molar-refractivity contribution in [3.63, 3.8) is 0 Å². The molecule has 1 aromatic rings. The molecule has 0 amide bonds. The van der Waals surface area contributed by atoms with Crippen LogP contribution in [0.2, 0.25) is 0 Å². The predicted octanol–water partition coefficient (Wildman–Crippen LogP) is 8.61. The van der Waals surface area contributed by atoms with Gasteiger partial charge >= 0.3 is 6.11 Å². The van der Waals surface area contributed by atoms with Crippen LogP contribution in [0, 0.1) is 11.8 Å². The molecule has 0 aliphatic carbocycles. The number of hydrogen-bond donors (Lipinski definition) is 1. The average molecular weight is 540 g/mol. The van der Waals surface area contributed by atoms with Gasteiger partial charge in [0.1, 0.15) is 5.75 Å². The van der Waals surface area contributed by atoms with E-state index in [0.717, 1.165) is 63.6 Å². The SMILES string of the molecule is CC(C)C.CCCCCOCCC.CCCN1CCC(/C(C=Nc2ccc(OC(C)(F)F)cc2)=C/N)CC1. The molecule has 1 aliphatic heterocycles. The number of ether oxygens (including phenoxy) is 2. The smallest absolute Gasteiger partial charge is 0.394 e. The lowest BCUT2D eigenvalue weighted by Crippen LogP contribution is -2.35. The lowest BCUT2D eigenvalue weighted by atomic mass is 9.90. The molecule has 220 valence electrons. The third kappa shape index (κ3) is 20.0. The summed E-state index contributed by atoms with van der Waals surface area (Å²) in [4.78, 5) is 6.89. The van der Waals surface area contributed by atoms with Crippen molar-refractivity contribution in [1.29, 1.82) is 0 Å². The molecule has 0 bridgehead atoms. The molecule has 1 aromatic carbocycles. The fraction of sp³-hybridized carbons (Fsp3) is 0.710. The lowest BCUT2D eigenvalue weighted by Gasteiger charge is -2.32. The minimum Gasteiger partial charge on any atom is -0.433 e. The number of allylic oxidation sites excluding steroid dienone is 1. The summed E-state index contributed by atoms with van der Waals surface area (Å²) >= 11 is 0. The van der Waals surface area contributed by atoms with Crippen molar-refractivity contribution in [3.05, 3.63) is 36.0 Å². The number of hydrogen-bond acceptors (Lipinski definition) is 5. The van der Waals surface area contributed by atoms with E-state index in [1.807, 2.05) is 0 Å². The standard InChI is InChI=1S/C19H27F2N3O.C8H18O.C4H10/c1-3-10-24-11-8-15(9-12-24)16(13-22)14-23-17-4-6-18(7-5-17)25-19(2,20)21;1-3-5-6-8-9-7-4-2;1-4(2)3/h4-7,13-15H,3,8-12,22H2,1-2H3;3-8H2,1-2H3;4H,1-3H3/b16-13+,23-14?;;. The van der Waals surface area contributed by atoms with Crippen LogP contribution in [0.4, 0.5) is 14.5 Å². The van der Waals surface area contributed by atoms with Crippen molar-refractivity contribution < 1.29 is 18.3 Å². The van der Waals surface area contributed by atoms with Gasteiger partial charge in [-0.2, -0.15) is 8.78 Å². The molecule has 1 heterocycles. The second kappa shape index (κ2) is 21.9. The van der Waals surface area contributed by atoms with E-state index in [0.29, 0.717) is 18.5 Å². The van der Waals surface area contributed by atoms with Crippen molar-refractivity contribution in [1.82, 2.24) is 4.90 Å². The number of likely N-dealkylation sites (tertiary alicyclic amines) is 1. The molecular weight excluding hydrogens is 484 g/mol. The lowest BCUT2D eigenvalue weighted by molar-refractivity contribution is -0.158. The van der Waals surface area contributed by atoms with Crippen LogP contribution in [0.1, 0.15) is 93.4 Å². The van der Waals surface area contributed by atoms with Gasteiger partial charge in [-0.25, -0.2) is 0 Å². The Labute approximate surface area is 231 Å². The summed E-state index contributed by atoms with van der Waals surface area (Å²) in [6.07, 6.45) is 8.52.